The third-order valence-corrected chi connectivity index (χ3v) is 14.2. The maximum Gasteiger partial charge on any atom is 0.410 e. The number of imidazole rings is 1. The molecule has 336 valence electrons. The number of hydrogen-bond donors (Lipinski definition) is 1. The summed E-state index contributed by atoms with van der Waals surface area (Å²) in [5, 5.41) is 11.7. The van der Waals surface area contributed by atoms with Gasteiger partial charge in [0, 0.05) is 75.2 Å². The molecule has 15 nitrogen and oxygen atoms in total. The summed E-state index contributed by atoms with van der Waals surface area (Å²) in [4.78, 5) is 69.4. The van der Waals surface area contributed by atoms with Crippen LogP contribution in [0, 0.1) is 30.1 Å². The van der Waals surface area contributed by atoms with E-state index in [0.29, 0.717) is 38.8 Å². The topological polar surface area (TPSA) is 172 Å². The molecule has 2 aromatic heterocycles. The van der Waals surface area contributed by atoms with Gasteiger partial charge in [0.15, 0.2) is 17.7 Å². The number of pyridine rings is 1. The molecule has 61 heavy (non-hydrogen) atoms. The molecule has 1 amide bonds. The average Bonchev–Trinajstić information content (AvgIpc) is 3.83. The van der Waals surface area contributed by atoms with E-state index >= 15 is 0 Å². The van der Waals surface area contributed by atoms with Gasteiger partial charge < -0.3 is 38.3 Å². The molecule has 1 unspecified atom stereocenters. The van der Waals surface area contributed by atoms with Gasteiger partial charge in [-0.25, -0.2) is 9.78 Å². The molecule has 2 aromatic rings. The van der Waals surface area contributed by atoms with Crippen LogP contribution in [0.15, 0.2) is 37.1 Å². The normalized spacial score (nSPS) is 35.3. The van der Waals surface area contributed by atoms with Crippen LogP contribution in [0.25, 0.3) is 11.3 Å². The van der Waals surface area contributed by atoms with Gasteiger partial charge in [0.1, 0.15) is 30.0 Å². The molecule has 0 bridgehead atoms. The summed E-state index contributed by atoms with van der Waals surface area (Å²) >= 11 is 1.96. The van der Waals surface area contributed by atoms with Crippen molar-refractivity contribution >= 4 is 46.2 Å². The highest BCUT2D eigenvalue weighted by molar-refractivity contribution is 14.1. The second-order valence-corrected chi connectivity index (χ2v) is 18.8. The Bertz CT molecular complexity index is 1880. The number of Topliss-reactive ketones (excluding diaryl/α,β-unsaturated/α-hetero) is 2. The number of aryl methyl sites for hydroxylation is 1. The fraction of sp³-hybridized carbons (Fsp3) is 0.689. The van der Waals surface area contributed by atoms with E-state index in [2.05, 4.69) is 15.9 Å². The van der Waals surface area contributed by atoms with Crippen molar-refractivity contribution < 1.29 is 48.0 Å². The van der Waals surface area contributed by atoms with Crippen molar-refractivity contribution in [2.24, 2.45) is 17.8 Å². The zero-order valence-electron chi connectivity index (χ0n) is 37.0. The zero-order valence-corrected chi connectivity index (χ0v) is 39.1. The van der Waals surface area contributed by atoms with Gasteiger partial charge in [0.25, 0.3) is 0 Å². The molecule has 16 heteroatoms. The Hall–Kier alpha value is -3.47. The van der Waals surface area contributed by atoms with E-state index in [1.54, 1.807) is 51.3 Å². The number of hydrogen-bond acceptors (Lipinski definition) is 13. The predicted octanol–water partition coefficient (Wildman–Crippen LogP) is 5.49. The monoisotopic (exact) mass is 961 g/mol. The second kappa shape index (κ2) is 20.8. The Morgan fingerprint density at radius 2 is 1.84 bits per heavy atom. The molecule has 0 spiro atoms. The molecule has 1 N–H and O–H groups in total. The first kappa shape index (κ1) is 48.6. The SMILES string of the molecule is C#CCCN(C)[C@H]1C[C@@H](C)O[C@@H](O[C@@H]2[C@@H](I)C(=O)[C@@H](C)C(=O)O[C@H](CC)[C@@]3(C)OC(=O)N(CCCCn4cnc(-c5cccnc5)c4)C3[C@@H](C)C(=O)[C@H](C)C[C@@]2(C)OC)[C@@H]1O. The summed E-state index contributed by atoms with van der Waals surface area (Å²) in [6.45, 7) is 13.7. The van der Waals surface area contributed by atoms with E-state index in [1.807, 2.05) is 71.3 Å². The Kier molecular flexibility index (Phi) is 16.6. The lowest BCUT2D eigenvalue weighted by Gasteiger charge is -2.47. The lowest BCUT2D eigenvalue weighted by molar-refractivity contribution is -0.288. The Balaban J connectivity index is 1.43. The van der Waals surface area contributed by atoms with Gasteiger partial charge in [-0.05, 0) is 79.0 Å². The van der Waals surface area contributed by atoms with Crippen molar-refractivity contribution in [3.63, 3.8) is 0 Å². The van der Waals surface area contributed by atoms with Crippen molar-refractivity contribution in [3.8, 4) is 23.6 Å². The molecular formula is C45H64IN5O10. The van der Waals surface area contributed by atoms with Crippen LogP contribution in [-0.2, 0) is 44.6 Å². The van der Waals surface area contributed by atoms with Crippen molar-refractivity contribution in [2.75, 3.05) is 27.2 Å². The quantitative estimate of drug-likeness (QED) is 0.0668. The van der Waals surface area contributed by atoms with Crippen LogP contribution in [0.2, 0.25) is 0 Å². The van der Waals surface area contributed by atoms with E-state index in [4.69, 9.17) is 30.1 Å². The van der Waals surface area contributed by atoms with Gasteiger partial charge in [-0.3, -0.25) is 24.3 Å². The predicted molar refractivity (Wildman–Crippen MR) is 235 cm³/mol. The van der Waals surface area contributed by atoms with E-state index < -0.39 is 81.4 Å². The number of carbonyl (C=O) groups excluding carboxylic acids is 4. The number of alkyl halides is 1. The third-order valence-electron chi connectivity index (χ3n) is 13.0. The highest BCUT2D eigenvalue weighted by Gasteiger charge is 2.60. The molecule has 5 rings (SSSR count). The van der Waals surface area contributed by atoms with Crippen molar-refractivity contribution in [2.45, 2.75) is 151 Å². The second-order valence-electron chi connectivity index (χ2n) is 17.4. The number of nitrogens with zero attached hydrogens (tertiary/aromatic N) is 5. The number of ether oxygens (including phenoxy) is 5. The number of aromatic nitrogens is 3. The maximum atomic E-state index is 14.8. The Morgan fingerprint density at radius 1 is 1.11 bits per heavy atom. The number of halogens is 1. The minimum atomic E-state index is -1.42. The number of terminal acetylenes is 1. The number of aliphatic hydroxyl groups is 1. The van der Waals surface area contributed by atoms with Gasteiger partial charge >= 0.3 is 12.1 Å². The van der Waals surface area contributed by atoms with Crippen LogP contribution in [-0.4, -0.2) is 138 Å². The Morgan fingerprint density at radius 3 is 2.49 bits per heavy atom. The summed E-state index contributed by atoms with van der Waals surface area (Å²) in [5.41, 5.74) is -1.000. The average molecular weight is 962 g/mol. The smallest absolute Gasteiger partial charge is 0.410 e. The molecule has 0 saturated carbocycles. The molecular weight excluding hydrogens is 897 g/mol. The third kappa shape index (κ3) is 10.7. The largest absolute Gasteiger partial charge is 0.458 e. The molecule has 3 aliphatic rings. The standard InChI is InChI=1S/C45H64IN5O10/c1-11-13-19-49(9)33-22-28(4)58-42(38(33)54)60-40-35(46)37(53)30(6)41(55)59-34(12-2)45(8)39(29(5)36(52)27(3)23-44(40,7)57-10)51(43(56)61-45)21-15-14-20-50-25-32(48-26-50)31-17-16-18-47-24-31/h1,16-18,24-30,33-35,38-40,42,54H,12-15,19-23H2,2-10H3/t27-,28-,29+,30-,33+,34-,35+,38-,39?,40-,42+,44-,45-/m1/s1. The number of methoxy groups -OCH3 is 1. The number of aliphatic hydroxyl groups excluding tert-OH is 1. The van der Waals surface area contributed by atoms with Crippen molar-refractivity contribution in [1.82, 2.24) is 24.3 Å². The van der Waals surface area contributed by atoms with E-state index in [0.717, 1.165) is 11.3 Å². The minimum Gasteiger partial charge on any atom is -0.458 e. The number of cyclic esters (lactones) is 1. The number of amides is 1. The number of esters is 1. The molecule has 3 saturated heterocycles. The summed E-state index contributed by atoms with van der Waals surface area (Å²) in [6, 6.07) is 2.65. The van der Waals surface area contributed by atoms with Gasteiger partial charge in [0.2, 0.25) is 0 Å². The molecule has 0 aliphatic carbocycles. The Labute approximate surface area is 374 Å². The molecule has 13 atom stereocenters. The van der Waals surface area contributed by atoms with Crippen LogP contribution >= 0.6 is 22.6 Å². The van der Waals surface area contributed by atoms with Crippen molar-refractivity contribution in [1.29, 1.82) is 0 Å². The lowest BCUT2D eigenvalue weighted by Crippen LogP contribution is -2.61. The van der Waals surface area contributed by atoms with Gasteiger partial charge in [-0.15, -0.1) is 12.3 Å². The van der Waals surface area contributed by atoms with Crippen LogP contribution in [0.4, 0.5) is 4.79 Å². The number of unbranched alkanes of at least 4 members (excludes halogenated alkanes) is 1. The van der Waals surface area contributed by atoms with E-state index in [9.17, 15) is 24.3 Å². The van der Waals surface area contributed by atoms with Crippen LogP contribution in [0.1, 0.15) is 87.0 Å². The van der Waals surface area contributed by atoms with E-state index in [-0.39, 0.29) is 37.3 Å². The van der Waals surface area contributed by atoms with E-state index in [1.165, 1.54) is 14.0 Å². The summed E-state index contributed by atoms with van der Waals surface area (Å²) in [6.07, 6.45) is 10.1. The fourth-order valence-corrected chi connectivity index (χ4v) is 10.8. The first-order valence-corrected chi connectivity index (χ1v) is 22.7. The highest BCUT2D eigenvalue weighted by Crippen LogP contribution is 2.43. The number of fused-ring (bicyclic) bond motifs is 1. The number of carbonyl (C=O) groups is 4. The number of likely N-dealkylation sites (N-methyl/N-ethyl adjacent to an activating group) is 1. The van der Waals surface area contributed by atoms with Crippen LogP contribution in [0.5, 0.6) is 0 Å². The first-order valence-electron chi connectivity index (χ1n) is 21.4. The lowest BCUT2D eigenvalue weighted by atomic mass is 9.74. The molecule has 5 heterocycles. The summed E-state index contributed by atoms with van der Waals surface area (Å²) in [7, 11) is 3.37. The highest BCUT2D eigenvalue weighted by atomic mass is 127. The van der Waals surface area contributed by atoms with Crippen LogP contribution < -0.4 is 0 Å². The van der Waals surface area contributed by atoms with Gasteiger partial charge in [-0.2, -0.15) is 0 Å². The molecule has 3 aliphatic heterocycles. The van der Waals surface area contributed by atoms with Crippen molar-refractivity contribution in [3.05, 3.63) is 37.1 Å². The first-order chi connectivity index (χ1) is 28.9. The van der Waals surface area contributed by atoms with Crippen LogP contribution in [0.3, 0.4) is 0 Å². The van der Waals surface area contributed by atoms with Gasteiger partial charge in [0.05, 0.1) is 33.7 Å². The summed E-state index contributed by atoms with van der Waals surface area (Å²) in [5.74, 6) is -1.49. The number of rotatable bonds is 13. The minimum absolute atomic E-state index is 0.105. The summed E-state index contributed by atoms with van der Waals surface area (Å²) < 4.78 is 32.4. The molecule has 3 fully saturated rings. The maximum absolute atomic E-state index is 14.8. The number of ketones is 2. The zero-order chi connectivity index (χ0) is 44.8. The molecule has 0 aromatic carbocycles. The fourth-order valence-electron chi connectivity index (χ4n) is 9.34. The van der Waals surface area contributed by atoms with Gasteiger partial charge in [-0.1, -0.05) is 43.4 Å². The molecule has 0 radical (unpaired) electrons.